The van der Waals surface area contributed by atoms with Crippen LogP contribution in [0.4, 0.5) is 17.6 Å². The van der Waals surface area contributed by atoms with Crippen molar-refractivity contribution in [2.75, 3.05) is 0 Å². The van der Waals surface area contributed by atoms with Gasteiger partial charge in [-0.1, -0.05) is 66.7 Å². The number of hydrogen-bond acceptors (Lipinski definition) is 1. The Labute approximate surface area is 171 Å². The van der Waals surface area contributed by atoms with Crippen LogP contribution in [0.5, 0.6) is 0 Å². The summed E-state index contributed by atoms with van der Waals surface area (Å²) in [6, 6.07) is 24.6. The van der Waals surface area contributed by atoms with Crippen molar-refractivity contribution < 1.29 is 17.6 Å². The zero-order valence-electron chi connectivity index (χ0n) is 15.6. The minimum absolute atomic E-state index is 0.000441. The molecule has 30 heavy (non-hydrogen) atoms. The van der Waals surface area contributed by atoms with Crippen LogP contribution in [0, 0.1) is 23.3 Å². The Morgan fingerprint density at radius 1 is 0.633 bits per heavy atom. The summed E-state index contributed by atoms with van der Waals surface area (Å²) >= 11 is 0. The first-order valence-corrected chi connectivity index (χ1v) is 9.17. The molecule has 3 aromatic carbocycles. The van der Waals surface area contributed by atoms with E-state index in [2.05, 4.69) is 4.98 Å². The summed E-state index contributed by atoms with van der Waals surface area (Å²) in [5.41, 5.74) is 2.78. The molecule has 0 saturated carbocycles. The molecule has 1 heterocycles. The molecule has 0 fully saturated rings. The molecule has 0 aliphatic carbocycles. The van der Waals surface area contributed by atoms with Gasteiger partial charge in [0.05, 0.1) is 11.4 Å². The van der Waals surface area contributed by atoms with Crippen LogP contribution in [0.1, 0.15) is 16.8 Å². The zero-order chi connectivity index (χ0) is 21.1. The number of rotatable bonds is 4. The van der Waals surface area contributed by atoms with Gasteiger partial charge in [0, 0.05) is 5.56 Å². The molecule has 4 aromatic rings. The van der Waals surface area contributed by atoms with E-state index < -0.39 is 28.8 Å². The number of aromatic nitrogens is 1. The van der Waals surface area contributed by atoms with Crippen LogP contribution >= 0.6 is 0 Å². The third kappa shape index (κ3) is 3.87. The first-order valence-electron chi connectivity index (χ1n) is 9.17. The normalized spacial score (nSPS) is 10.7. The molecule has 0 spiro atoms. The summed E-state index contributed by atoms with van der Waals surface area (Å²) in [5, 5.41) is 0. The number of hydrogen-bond donors (Lipinski definition) is 0. The van der Waals surface area contributed by atoms with E-state index in [0.29, 0.717) is 11.8 Å². The summed E-state index contributed by atoms with van der Waals surface area (Å²) < 4.78 is 54.8. The number of pyridine rings is 1. The van der Waals surface area contributed by atoms with Gasteiger partial charge in [0.2, 0.25) is 0 Å². The van der Waals surface area contributed by atoms with Gasteiger partial charge in [-0.2, -0.15) is 0 Å². The number of halogens is 4. The predicted octanol–water partition coefficient (Wildman–Crippen LogP) is 6.89. The molecule has 0 unspecified atom stereocenters. The second-order valence-electron chi connectivity index (χ2n) is 6.59. The van der Waals surface area contributed by atoms with Crippen LogP contribution in [0.2, 0.25) is 0 Å². The van der Waals surface area contributed by atoms with Crippen LogP contribution in [0.15, 0.2) is 84.9 Å². The van der Waals surface area contributed by atoms with Crippen molar-refractivity contribution >= 4 is 11.6 Å². The number of benzene rings is 3. The second kappa shape index (κ2) is 8.33. The molecule has 148 valence electrons. The summed E-state index contributed by atoms with van der Waals surface area (Å²) in [4.78, 5) is 4.33. The van der Waals surface area contributed by atoms with Crippen molar-refractivity contribution in [3.8, 4) is 11.3 Å². The van der Waals surface area contributed by atoms with Gasteiger partial charge in [-0.15, -0.1) is 0 Å². The first-order chi connectivity index (χ1) is 14.5. The topological polar surface area (TPSA) is 12.9 Å². The monoisotopic (exact) mass is 405 g/mol. The summed E-state index contributed by atoms with van der Waals surface area (Å²) in [6.45, 7) is 0. The molecule has 0 aliphatic heterocycles. The second-order valence-corrected chi connectivity index (χ2v) is 6.59. The fourth-order valence-corrected chi connectivity index (χ4v) is 3.16. The van der Waals surface area contributed by atoms with E-state index in [1.807, 2.05) is 66.7 Å². The fraction of sp³-hybridized carbons (Fsp3) is 0. The van der Waals surface area contributed by atoms with E-state index in [1.165, 1.54) is 6.07 Å². The average molecular weight is 405 g/mol. The van der Waals surface area contributed by atoms with Gasteiger partial charge in [-0.25, -0.2) is 22.5 Å². The lowest BCUT2D eigenvalue weighted by molar-refractivity contribution is 0.410. The van der Waals surface area contributed by atoms with Gasteiger partial charge < -0.3 is 0 Å². The SMILES string of the molecule is Fc1cc(-c2cccc(C=C(c3ccccc3)c3ccccc3)n2)c(F)c(F)c1F. The van der Waals surface area contributed by atoms with Gasteiger partial charge in [0.1, 0.15) is 0 Å². The molecule has 0 N–H and O–H groups in total. The molecular weight excluding hydrogens is 390 g/mol. The van der Waals surface area contributed by atoms with Crippen molar-refractivity contribution in [2.24, 2.45) is 0 Å². The molecule has 5 heteroatoms. The van der Waals surface area contributed by atoms with Gasteiger partial charge in [-0.3, -0.25) is 0 Å². The molecule has 4 rings (SSSR count). The van der Waals surface area contributed by atoms with E-state index >= 15 is 0 Å². The van der Waals surface area contributed by atoms with Crippen molar-refractivity contribution in [1.29, 1.82) is 0 Å². The zero-order valence-corrected chi connectivity index (χ0v) is 15.6. The highest BCUT2D eigenvalue weighted by Crippen LogP contribution is 2.29. The van der Waals surface area contributed by atoms with Crippen LogP contribution in [0.25, 0.3) is 22.9 Å². The lowest BCUT2D eigenvalue weighted by atomic mass is 9.97. The minimum Gasteiger partial charge on any atom is -0.248 e. The maximum absolute atomic E-state index is 14.2. The molecule has 0 saturated heterocycles. The molecule has 0 atom stereocenters. The van der Waals surface area contributed by atoms with E-state index in [4.69, 9.17) is 0 Å². The highest BCUT2D eigenvalue weighted by molar-refractivity contribution is 5.91. The summed E-state index contributed by atoms with van der Waals surface area (Å²) in [5.74, 6) is -6.65. The molecule has 0 amide bonds. The lowest BCUT2D eigenvalue weighted by Crippen LogP contribution is -2.00. The Balaban J connectivity index is 1.84. The average Bonchev–Trinajstić information content (AvgIpc) is 2.80. The quantitative estimate of drug-likeness (QED) is 0.205. The van der Waals surface area contributed by atoms with E-state index in [-0.39, 0.29) is 5.69 Å². The van der Waals surface area contributed by atoms with E-state index in [1.54, 1.807) is 12.1 Å². The van der Waals surface area contributed by atoms with E-state index in [0.717, 1.165) is 16.7 Å². The van der Waals surface area contributed by atoms with Gasteiger partial charge in [0.25, 0.3) is 0 Å². The van der Waals surface area contributed by atoms with Crippen molar-refractivity contribution in [3.63, 3.8) is 0 Å². The van der Waals surface area contributed by atoms with Crippen molar-refractivity contribution in [2.45, 2.75) is 0 Å². The Kier molecular flexibility index (Phi) is 5.44. The van der Waals surface area contributed by atoms with Gasteiger partial charge in [0.15, 0.2) is 23.3 Å². The van der Waals surface area contributed by atoms with Crippen molar-refractivity contribution in [1.82, 2.24) is 4.98 Å². The highest BCUT2D eigenvalue weighted by Gasteiger charge is 2.20. The predicted molar refractivity (Wildman–Crippen MR) is 109 cm³/mol. The largest absolute Gasteiger partial charge is 0.248 e. The lowest BCUT2D eigenvalue weighted by Gasteiger charge is -2.10. The van der Waals surface area contributed by atoms with Gasteiger partial charge in [-0.05, 0) is 41.0 Å². The summed E-state index contributed by atoms with van der Waals surface area (Å²) in [6.07, 6.45) is 1.81. The summed E-state index contributed by atoms with van der Waals surface area (Å²) in [7, 11) is 0. The molecule has 0 radical (unpaired) electrons. The first kappa shape index (κ1) is 19.6. The van der Waals surface area contributed by atoms with Crippen LogP contribution < -0.4 is 0 Å². The fourth-order valence-electron chi connectivity index (χ4n) is 3.16. The minimum atomic E-state index is -1.86. The third-order valence-corrected chi connectivity index (χ3v) is 4.61. The highest BCUT2D eigenvalue weighted by atomic mass is 19.2. The molecule has 0 aliphatic rings. The third-order valence-electron chi connectivity index (χ3n) is 4.61. The standard InChI is InChI=1S/C25H15F4N/c26-21-15-20(23(27)25(29)24(21)28)22-13-7-12-18(30-22)14-19(16-8-3-1-4-9-16)17-10-5-2-6-11-17/h1-15H. The van der Waals surface area contributed by atoms with Crippen LogP contribution in [-0.2, 0) is 0 Å². The van der Waals surface area contributed by atoms with Crippen molar-refractivity contribution in [3.05, 3.63) is 125 Å². The maximum Gasteiger partial charge on any atom is 0.198 e. The van der Waals surface area contributed by atoms with Gasteiger partial charge >= 0.3 is 0 Å². The van der Waals surface area contributed by atoms with Crippen LogP contribution in [0.3, 0.4) is 0 Å². The smallest absolute Gasteiger partial charge is 0.198 e. The van der Waals surface area contributed by atoms with Crippen LogP contribution in [-0.4, -0.2) is 4.98 Å². The number of nitrogens with zero attached hydrogens (tertiary/aromatic N) is 1. The Morgan fingerprint density at radius 3 is 1.83 bits per heavy atom. The Bertz CT molecular complexity index is 1180. The Morgan fingerprint density at radius 2 is 1.23 bits per heavy atom. The maximum atomic E-state index is 14.2. The van der Waals surface area contributed by atoms with E-state index in [9.17, 15) is 17.6 Å². The molecule has 1 aromatic heterocycles. The molecule has 1 nitrogen and oxygen atoms in total. The Hall–Kier alpha value is -3.73. The molecule has 0 bridgehead atoms. The molecular formula is C25H15F4N.